The van der Waals surface area contributed by atoms with Crippen LogP contribution in [0.3, 0.4) is 0 Å². The highest BCUT2D eigenvalue weighted by Gasteiger charge is 2.06. The number of carbonyl (C=O) groups is 2. The van der Waals surface area contributed by atoms with E-state index in [2.05, 4.69) is 0 Å². The van der Waals surface area contributed by atoms with Gasteiger partial charge in [-0.1, -0.05) is 0 Å². The fourth-order valence-electron chi connectivity index (χ4n) is 1.01. The van der Waals surface area contributed by atoms with Gasteiger partial charge in [-0.25, -0.2) is 4.79 Å². The van der Waals surface area contributed by atoms with Crippen LogP contribution in [0.5, 0.6) is 0 Å². The van der Waals surface area contributed by atoms with Crippen molar-refractivity contribution in [1.29, 1.82) is 0 Å². The number of rotatable bonds is 2. The number of carboxylic acids is 1. The molecule has 0 aliphatic rings. The van der Waals surface area contributed by atoms with Gasteiger partial charge in [0, 0.05) is 19.7 Å². The van der Waals surface area contributed by atoms with E-state index in [1.165, 1.54) is 24.0 Å². The predicted molar refractivity (Wildman–Crippen MR) is 52.5 cm³/mol. The number of aromatic carboxylic acids is 1. The van der Waals surface area contributed by atoms with E-state index in [9.17, 15) is 9.59 Å². The molecule has 0 spiro atoms. The molecule has 0 heterocycles. The zero-order valence-electron chi connectivity index (χ0n) is 8.02. The standard InChI is InChI=1S/C10H11NO3/c1-7(12)11(2)9-5-3-8(4-6-9)10(13)14/h3-6H,1-2H3,(H,13,14). The molecule has 1 rings (SSSR count). The molecular weight excluding hydrogens is 182 g/mol. The van der Waals surface area contributed by atoms with Gasteiger partial charge in [0.05, 0.1) is 5.56 Å². The molecular formula is C10H11NO3. The van der Waals surface area contributed by atoms with Gasteiger partial charge in [0.2, 0.25) is 5.91 Å². The van der Waals surface area contributed by atoms with Crippen LogP contribution in [0.4, 0.5) is 5.69 Å². The Kier molecular flexibility index (Phi) is 2.86. The van der Waals surface area contributed by atoms with E-state index < -0.39 is 5.97 Å². The summed E-state index contributed by atoms with van der Waals surface area (Å²) in [6.45, 7) is 1.45. The Morgan fingerprint density at radius 1 is 1.21 bits per heavy atom. The quantitative estimate of drug-likeness (QED) is 0.771. The fraction of sp³-hybridized carbons (Fsp3) is 0.200. The minimum absolute atomic E-state index is 0.0897. The lowest BCUT2D eigenvalue weighted by molar-refractivity contribution is -0.116. The lowest BCUT2D eigenvalue weighted by Gasteiger charge is -2.14. The maximum atomic E-state index is 11.0. The monoisotopic (exact) mass is 193 g/mol. The molecule has 0 aromatic heterocycles. The predicted octanol–water partition coefficient (Wildman–Crippen LogP) is 1.37. The van der Waals surface area contributed by atoms with Crippen LogP contribution < -0.4 is 4.90 Å². The highest BCUT2D eigenvalue weighted by atomic mass is 16.4. The van der Waals surface area contributed by atoms with Crippen molar-refractivity contribution in [2.75, 3.05) is 11.9 Å². The average molecular weight is 193 g/mol. The molecule has 0 fully saturated rings. The number of carbonyl (C=O) groups excluding carboxylic acids is 1. The zero-order valence-corrected chi connectivity index (χ0v) is 8.02. The zero-order chi connectivity index (χ0) is 10.7. The van der Waals surface area contributed by atoms with Crippen LogP contribution in [-0.4, -0.2) is 24.0 Å². The van der Waals surface area contributed by atoms with Crippen molar-refractivity contribution in [2.45, 2.75) is 6.92 Å². The first-order valence-corrected chi connectivity index (χ1v) is 4.10. The van der Waals surface area contributed by atoms with Gasteiger partial charge in [-0.2, -0.15) is 0 Å². The maximum Gasteiger partial charge on any atom is 0.335 e. The van der Waals surface area contributed by atoms with Crippen molar-refractivity contribution >= 4 is 17.6 Å². The Balaban J connectivity index is 2.94. The molecule has 0 atom stereocenters. The van der Waals surface area contributed by atoms with Gasteiger partial charge < -0.3 is 10.0 Å². The van der Waals surface area contributed by atoms with E-state index in [0.29, 0.717) is 5.69 Å². The summed E-state index contributed by atoms with van der Waals surface area (Å²) in [4.78, 5) is 23.0. The van der Waals surface area contributed by atoms with Gasteiger partial charge >= 0.3 is 5.97 Å². The third kappa shape index (κ3) is 2.10. The first-order valence-electron chi connectivity index (χ1n) is 4.10. The molecule has 1 aromatic rings. The van der Waals surface area contributed by atoms with Crippen molar-refractivity contribution in [2.24, 2.45) is 0 Å². The Morgan fingerprint density at radius 2 is 1.71 bits per heavy atom. The number of nitrogens with zero attached hydrogens (tertiary/aromatic N) is 1. The van der Waals surface area contributed by atoms with Gasteiger partial charge in [-0.05, 0) is 24.3 Å². The van der Waals surface area contributed by atoms with E-state index in [-0.39, 0.29) is 11.5 Å². The number of carboxylic acid groups (broad SMARTS) is 1. The summed E-state index contributed by atoms with van der Waals surface area (Å²) in [6, 6.07) is 6.14. The highest BCUT2D eigenvalue weighted by molar-refractivity contribution is 5.92. The Morgan fingerprint density at radius 3 is 2.07 bits per heavy atom. The summed E-state index contributed by atoms with van der Waals surface area (Å²) >= 11 is 0. The number of benzene rings is 1. The molecule has 4 nitrogen and oxygen atoms in total. The SMILES string of the molecule is CC(=O)N(C)c1ccc(C(=O)O)cc1. The molecule has 14 heavy (non-hydrogen) atoms. The third-order valence-corrected chi connectivity index (χ3v) is 1.97. The van der Waals surface area contributed by atoms with Gasteiger partial charge in [0.15, 0.2) is 0 Å². The number of hydrogen-bond donors (Lipinski definition) is 1. The summed E-state index contributed by atoms with van der Waals surface area (Å²) in [5.74, 6) is -1.06. The molecule has 4 heteroatoms. The van der Waals surface area contributed by atoms with Gasteiger partial charge in [0.25, 0.3) is 0 Å². The number of anilines is 1. The van der Waals surface area contributed by atoms with E-state index in [4.69, 9.17) is 5.11 Å². The second-order valence-corrected chi connectivity index (χ2v) is 2.93. The normalized spacial score (nSPS) is 9.57. The second-order valence-electron chi connectivity index (χ2n) is 2.93. The Labute approximate surface area is 81.8 Å². The van der Waals surface area contributed by atoms with Crippen molar-refractivity contribution in [3.63, 3.8) is 0 Å². The van der Waals surface area contributed by atoms with Gasteiger partial charge in [-0.15, -0.1) is 0 Å². The first-order chi connectivity index (χ1) is 6.52. The average Bonchev–Trinajstić information content (AvgIpc) is 2.16. The van der Waals surface area contributed by atoms with Crippen LogP contribution in [0.1, 0.15) is 17.3 Å². The molecule has 1 N–H and O–H groups in total. The van der Waals surface area contributed by atoms with Crippen molar-refractivity contribution in [1.82, 2.24) is 0 Å². The Hall–Kier alpha value is -1.84. The Bertz CT molecular complexity index is 356. The smallest absolute Gasteiger partial charge is 0.335 e. The summed E-state index contributed by atoms with van der Waals surface area (Å²) in [5.41, 5.74) is 0.896. The molecule has 1 aromatic carbocycles. The second kappa shape index (κ2) is 3.91. The van der Waals surface area contributed by atoms with Crippen LogP contribution in [0, 0.1) is 0 Å². The van der Waals surface area contributed by atoms with Crippen LogP contribution in [0.25, 0.3) is 0 Å². The van der Waals surface area contributed by atoms with E-state index in [0.717, 1.165) is 0 Å². The molecule has 0 aliphatic heterocycles. The molecule has 0 unspecified atom stereocenters. The van der Waals surface area contributed by atoms with Crippen LogP contribution >= 0.6 is 0 Å². The lowest BCUT2D eigenvalue weighted by Crippen LogP contribution is -2.22. The first kappa shape index (κ1) is 10.2. The van der Waals surface area contributed by atoms with Crippen molar-refractivity contribution in [3.8, 4) is 0 Å². The van der Waals surface area contributed by atoms with Crippen molar-refractivity contribution in [3.05, 3.63) is 29.8 Å². The fourth-order valence-corrected chi connectivity index (χ4v) is 1.01. The summed E-state index contributed by atoms with van der Waals surface area (Å²) in [7, 11) is 1.64. The summed E-state index contributed by atoms with van der Waals surface area (Å²) in [5, 5.41) is 8.64. The summed E-state index contributed by atoms with van der Waals surface area (Å²) < 4.78 is 0. The van der Waals surface area contributed by atoms with E-state index >= 15 is 0 Å². The summed E-state index contributed by atoms with van der Waals surface area (Å²) in [6.07, 6.45) is 0. The van der Waals surface area contributed by atoms with Crippen LogP contribution in [0.2, 0.25) is 0 Å². The molecule has 0 aliphatic carbocycles. The molecule has 1 amide bonds. The molecule has 0 radical (unpaired) electrons. The van der Waals surface area contributed by atoms with Crippen LogP contribution in [0.15, 0.2) is 24.3 Å². The maximum absolute atomic E-state index is 11.0. The lowest BCUT2D eigenvalue weighted by atomic mass is 10.2. The molecule has 74 valence electrons. The molecule has 0 saturated heterocycles. The van der Waals surface area contributed by atoms with E-state index in [1.807, 2.05) is 0 Å². The van der Waals surface area contributed by atoms with Gasteiger partial charge in [-0.3, -0.25) is 4.79 Å². The molecule has 0 saturated carbocycles. The van der Waals surface area contributed by atoms with E-state index in [1.54, 1.807) is 19.2 Å². The van der Waals surface area contributed by atoms with Gasteiger partial charge in [0.1, 0.15) is 0 Å². The third-order valence-electron chi connectivity index (χ3n) is 1.97. The largest absolute Gasteiger partial charge is 0.478 e. The van der Waals surface area contributed by atoms with Crippen molar-refractivity contribution < 1.29 is 14.7 Å². The minimum Gasteiger partial charge on any atom is -0.478 e. The highest BCUT2D eigenvalue weighted by Crippen LogP contribution is 2.13. The van der Waals surface area contributed by atoms with Crippen LogP contribution in [-0.2, 0) is 4.79 Å². The minimum atomic E-state index is -0.970. The topological polar surface area (TPSA) is 57.6 Å². The number of amides is 1. The number of hydrogen-bond acceptors (Lipinski definition) is 2. The molecule has 0 bridgehead atoms.